The fourth-order valence-electron chi connectivity index (χ4n) is 1.73. The van der Waals surface area contributed by atoms with Crippen molar-refractivity contribution in [1.82, 2.24) is 15.5 Å². The van der Waals surface area contributed by atoms with Gasteiger partial charge in [-0.15, -0.1) is 0 Å². The number of hydrogen-bond donors (Lipinski definition) is 2. The van der Waals surface area contributed by atoms with Crippen LogP contribution in [0.5, 0.6) is 0 Å². The van der Waals surface area contributed by atoms with Gasteiger partial charge in [0.25, 0.3) is 0 Å². The fraction of sp³-hybridized carbons (Fsp3) is 0.750. The molecule has 0 aliphatic heterocycles. The Labute approximate surface area is 92.7 Å². The zero-order valence-electron chi connectivity index (χ0n) is 10.5. The molecular formula is C12H23N3. The maximum absolute atomic E-state index is 4.22. The van der Waals surface area contributed by atoms with Gasteiger partial charge in [0.2, 0.25) is 0 Å². The average molecular weight is 209 g/mol. The summed E-state index contributed by atoms with van der Waals surface area (Å²) in [5.41, 5.74) is 3.74. The first-order valence-electron chi connectivity index (χ1n) is 5.74. The second-order valence-corrected chi connectivity index (χ2v) is 4.78. The Balaban J connectivity index is 2.47. The van der Waals surface area contributed by atoms with E-state index >= 15 is 0 Å². The van der Waals surface area contributed by atoms with Crippen LogP contribution in [0.2, 0.25) is 0 Å². The lowest BCUT2D eigenvalue weighted by Crippen LogP contribution is -2.28. The molecule has 0 radical (unpaired) electrons. The molecule has 15 heavy (non-hydrogen) atoms. The molecule has 86 valence electrons. The summed E-state index contributed by atoms with van der Waals surface area (Å²) < 4.78 is 0. The third-order valence-corrected chi connectivity index (χ3v) is 2.71. The van der Waals surface area contributed by atoms with Crippen LogP contribution in [0, 0.1) is 19.8 Å². The third-order valence-electron chi connectivity index (χ3n) is 2.71. The summed E-state index contributed by atoms with van der Waals surface area (Å²) in [4.78, 5) is 0. The van der Waals surface area contributed by atoms with Crippen LogP contribution in [0.3, 0.4) is 0 Å². The van der Waals surface area contributed by atoms with Crippen LogP contribution in [-0.4, -0.2) is 22.8 Å². The predicted octanol–water partition coefficient (Wildman–Crippen LogP) is 2.20. The molecule has 0 aliphatic carbocycles. The second-order valence-electron chi connectivity index (χ2n) is 4.78. The highest BCUT2D eigenvalue weighted by molar-refractivity contribution is 5.23. The molecule has 0 bridgehead atoms. The second kappa shape index (κ2) is 5.31. The van der Waals surface area contributed by atoms with Gasteiger partial charge in [0, 0.05) is 11.7 Å². The minimum absolute atomic E-state index is 0.569. The number of aryl methyl sites for hydroxylation is 2. The highest BCUT2D eigenvalue weighted by Gasteiger charge is 2.10. The first-order valence-corrected chi connectivity index (χ1v) is 5.74. The van der Waals surface area contributed by atoms with E-state index in [1.54, 1.807) is 0 Å². The Bertz CT molecular complexity index is 282. The molecule has 3 nitrogen and oxygen atoms in total. The standard InChI is InChI=1S/C12H23N3/c1-8(2)13-7-9(3)6-12-10(4)14-15-11(12)5/h8-9,13H,6-7H2,1-5H3,(H,14,15). The van der Waals surface area contributed by atoms with Crippen molar-refractivity contribution in [2.24, 2.45) is 5.92 Å². The Morgan fingerprint density at radius 3 is 2.40 bits per heavy atom. The van der Waals surface area contributed by atoms with Gasteiger partial charge in [-0.3, -0.25) is 5.10 Å². The molecule has 1 atom stereocenters. The number of nitrogens with zero attached hydrogens (tertiary/aromatic N) is 1. The number of aromatic amines is 1. The van der Waals surface area contributed by atoms with E-state index in [9.17, 15) is 0 Å². The van der Waals surface area contributed by atoms with Crippen molar-refractivity contribution in [1.29, 1.82) is 0 Å². The van der Waals surface area contributed by atoms with Crippen LogP contribution in [0.1, 0.15) is 37.7 Å². The zero-order valence-corrected chi connectivity index (χ0v) is 10.5. The third kappa shape index (κ3) is 3.67. The monoisotopic (exact) mass is 209 g/mol. The van der Waals surface area contributed by atoms with Crippen molar-refractivity contribution in [3.63, 3.8) is 0 Å². The topological polar surface area (TPSA) is 40.7 Å². The Kier molecular flexibility index (Phi) is 4.33. The lowest BCUT2D eigenvalue weighted by molar-refractivity contribution is 0.475. The van der Waals surface area contributed by atoms with Crippen LogP contribution in [0.15, 0.2) is 0 Å². The molecule has 1 aromatic rings. The molecule has 0 aromatic carbocycles. The summed E-state index contributed by atoms with van der Waals surface area (Å²) in [5, 5.41) is 10.7. The van der Waals surface area contributed by atoms with Gasteiger partial charge in [0.1, 0.15) is 0 Å². The molecule has 0 saturated heterocycles. The first kappa shape index (κ1) is 12.2. The molecule has 1 unspecified atom stereocenters. The van der Waals surface area contributed by atoms with Gasteiger partial charge in [0.15, 0.2) is 0 Å². The van der Waals surface area contributed by atoms with Crippen molar-refractivity contribution >= 4 is 0 Å². The van der Waals surface area contributed by atoms with E-state index in [4.69, 9.17) is 0 Å². The van der Waals surface area contributed by atoms with Gasteiger partial charge in [-0.2, -0.15) is 5.10 Å². The fourth-order valence-corrected chi connectivity index (χ4v) is 1.73. The maximum atomic E-state index is 4.22. The van der Waals surface area contributed by atoms with Gasteiger partial charge in [-0.25, -0.2) is 0 Å². The molecule has 1 aromatic heterocycles. The van der Waals surface area contributed by atoms with Crippen LogP contribution < -0.4 is 5.32 Å². The summed E-state index contributed by atoms with van der Waals surface area (Å²) in [7, 11) is 0. The van der Waals surface area contributed by atoms with E-state index in [1.165, 1.54) is 11.3 Å². The number of rotatable bonds is 5. The lowest BCUT2D eigenvalue weighted by atomic mass is 9.99. The van der Waals surface area contributed by atoms with Crippen molar-refractivity contribution in [2.75, 3.05) is 6.54 Å². The molecule has 0 amide bonds. The Morgan fingerprint density at radius 1 is 1.27 bits per heavy atom. The lowest BCUT2D eigenvalue weighted by Gasteiger charge is -2.14. The Hall–Kier alpha value is -0.830. The minimum atomic E-state index is 0.569. The highest BCUT2D eigenvalue weighted by Crippen LogP contribution is 2.14. The summed E-state index contributed by atoms with van der Waals surface area (Å²) in [6.45, 7) is 11.9. The largest absolute Gasteiger partial charge is 0.314 e. The van der Waals surface area contributed by atoms with E-state index in [1.807, 2.05) is 0 Å². The van der Waals surface area contributed by atoms with Crippen LogP contribution in [0.4, 0.5) is 0 Å². The van der Waals surface area contributed by atoms with E-state index < -0.39 is 0 Å². The van der Waals surface area contributed by atoms with Crippen LogP contribution in [-0.2, 0) is 6.42 Å². The van der Waals surface area contributed by atoms with Gasteiger partial charge in [-0.05, 0) is 38.3 Å². The minimum Gasteiger partial charge on any atom is -0.314 e. The van der Waals surface area contributed by atoms with Gasteiger partial charge < -0.3 is 5.32 Å². The van der Waals surface area contributed by atoms with E-state index in [0.29, 0.717) is 12.0 Å². The summed E-state index contributed by atoms with van der Waals surface area (Å²) in [6.07, 6.45) is 1.11. The quantitative estimate of drug-likeness (QED) is 0.780. The predicted molar refractivity (Wildman–Crippen MR) is 64.1 cm³/mol. The van der Waals surface area contributed by atoms with Gasteiger partial charge >= 0.3 is 0 Å². The molecule has 0 saturated carbocycles. The molecule has 0 fully saturated rings. The highest BCUT2D eigenvalue weighted by atomic mass is 15.1. The van der Waals surface area contributed by atoms with E-state index in [-0.39, 0.29) is 0 Å². The van der Waals surface area contributed by atoms with Gasteiger partial charge in [0.05, 0.1) is 5.69 Å². The van der Waals surface area contributed by atoms with Crippen molar-refractivity contribution < 1.29 is 0 Å². The molecule has 0 spiro atoms. The number of H-pyrrole nitrogens is 1. The van der Waals surface area contributed by atoms with E-state index in [0.717, 1.165) is 18.7 Å². The molecule has 0 aliphatic rings. The van der Waals surface area contributed by atoms with Crippen molar-refractivity contribution in [3.05, 3.63) is 17.0 Å². The summed E-state index contributed by atoms with van der Waals surface area (Å²) >= 11 is 0. The average Bonchev–Trinajstić information content (AvgIpc) is 2.46. The number of hydrogen-bond acceptors (Lipinski definition) is 2. The normalized spacial score (nSPS) is 13.5. The zero-order chi connectivity index (χ0) is 11.4. The Morgan fingerprint density at radius 2 is 1.93 bits per heavy atom. The van der Waals surface area contributed by atoms with E-state index in [2.05, 4.69) is 50.1 Å². The molecule has 1 rings (SSSR count). The van der Waals surface area contributed by atoms with Crippen LogP contribution in [0.25, 0.3) is 0 Å². The molecule has 3 heteroatoms. The molecule has 2 N–H and O–H groups in total. The maximum Gasteiger partial charge on any atom is 0.0626 e. The van der Waals surface area contributed by atoms with Crippen LogP contribution >= 0.6 is 0 Å². The molecular weight excluding hydrogens is 186 g/mol. The summed E-state index contributed by atoms with van der Waals surface area (Å²) in [5.74, 6) is 0.655. The molecule has 1 heterocycles. The van der Waals surface area contributed by atoms with Gasteiger partial charge in [-0.1, -0.05) is 20.8 Å². The van der Waals surface area contributed by atoms with Crippen molar-refractivity contribution in [3.8, 4) is 0 Å². The smallest absolute Gasteiger partial charge is 0.0626 e. The number of nitrogens with one attached hydrogen (secondary N) is 2. The number of aromatic nitrogens is 2. The van der Waals surface area contributed by atoms with Crippen molar-refractivity contribution in [2.45, 2.75) is 47.1 Å². The first-order chi connectivity index (χ1) is 7.00. The SMILES string of the molecule is Cc1n[nH]c(C)c1CC(C)CNC(C)C. The summed E-state index contributed by atoms with van der Waals surface area (Å²) in [6, 6.07) is 0.569.